The number of benzene rings is 2. The van der Waals surface area contributed by atoms with Gasteiger partial charge in [-0.05, 0) is 48.2 Å². The monoisotopic (exact) mass is 603 g/mol. The van der Waals surface area contributed by atoms with Crippen LogP contribution in [-0.4, -0.2) is 73.0 Å². The lowest BCUT2D eigenvalue weighted by molar-refractivity contribution is 0.0858. The average Bonchev–Trinajstić information content (AvgIpc) is 3.71. The van der Waals surface area contributed by atoms with Gasteiger partial charge in [0.25, 0.3) is 5.91 Å². The number of fused-ring (bicyclic) bond motifs is 1. The Morgan fingerprint density at radius 2 is 1.74 bits per heavy atom. The van der Waals surface area contributed by atoms with E-state index in [1.165, 1.54) is 5.56 Å². The first-order valence-electron chi connectivity index (χ1n) is 15.2. The zero-order valence-electron chi connectivity index (χ0n) is 25.3. The Hall–Kier alpha value is -3.34. The Labute approximate surface area is 258 Å². The first-order chi connectivity index (χ1) is 20.8. The number of anilines is 1. The van der Waals surface area contributed by atoms with Crippen LogP contribution >= 0.6 is 11.8 Å². The second-order valence-corrected chi connectivity index (χ2v) is 13.4. The lowest BCUT2D eigenvalue weighted by Crippen LogP contribution is -2.46. The van der Waals surface area contributed by atoms with Crippen molar-refractivity contribution in [2.24, 2.45) is 0 Å². The minimum absolute atomic E-state index is 0.0588. The molecule has 0 bridgehead atoms. The molecule has 3 aliphatic rings. The molecule has 1 N–H and O–H groups in total. The number of piperazine rings is 1. The molecule has 1 atom stereocenters. The van der Waals surface area contributed by atoms with Gasteiger partial charge in [0.2, 0.25) is 6.79 Å². The molecule has 2 aromatic carbocycles. The average molecular weight is 604 g/mol. The number of nitrogens with one attached hydrogen (secondary N) is 1. The van der Waals surface area contributed by atoms with Crippen LogP contribution in [-0.2, 0) is 22.4 Å². The van der Waals surface area contributed by atoms with Gasteiger partial charge in [-0.15, -0.1) is 0 Å². The summed E-state index contributed by atoms with van der Waals surface area (Å²) in [7, 11) is 0. The van der Waals surface area contributed by atoms with Crippen LogP contribution < -0.4 is 19.7 Å². The maximum absolute atomic E-state index is 12.6. The summed E-state index contributed by atoms with van der Waals surface area (Å²) in [6, 6.07) is 16.2. The number of hydrogen-bond acceptors (Lipinski definition) is 9. The van der Waals surface area contributed by atoms with Crippen LogP contribution in [0.25, 0.3) is 0 Å². The van der Waals surface area contributed by atoms with E-state index in [0.29, 0.717) is 18.9 Å². The van der Waals surface area contributed by atoms with Crippen molar-refractivity contribution in [1.82, 2.24) is 20.2 Å². The second-order valence-electron chi connectivity index (χ2n) is 12.4. The smallest absolute Gasteiger partial charge is 0.251 e. The molecule has 228 valence electrons. The highest BCUT2D eigenvalue weighted by Gasteiger charge is 2.24. The van der Waals surface area contributed by atoms with Crippen LogP contribution in [0, 0.1) is 0 Å². The Balaban J connectivity index is 1.05. The largest absolute Gasteiger partial charge is 0.454 e. The first-order valence-corrected chi connectivity index (χ1v) is 16.2. The summed E-state index contributed by atoms with van der Waals surface area (Å²) in [5.74, 6) is 3.32. The zero-order chi connectivity index (χ0) is 29.8. The molecule has 2 saturated heterocycles. The molecule has 2 fully saturated rings. The van der Waals surface area contributed by atoms with E-state index < -0.39 is 0 Å². The fourth-order valence-electron chi connectivity index (χ4n) is 5.47. The Bertz CT molecular complexity index is 1410. The molecule has 0 radical (unpaired) electrons. The van der Waals surface area contributed by atoms with Gasteiger partial charge in [0.15, 0.2) is 16.7 Å². The van der Waals surface area contributed by atoms with Gasteiger partial charge in [-0.3, -0.25) is 9.69 Å². The van der Waals surface area contributed by atoms with Crippen LogP contribution in [0.4, 0.5) is 5.82 Å². The lowest BCUT2D eigenvalue weighted by Gasteiger charge is -2.36. The normalized spacial score (nSPS) is 18.7. The summed E-state index contributed by atoms with van der Waals surface area (Å²) < 4.78 is 16.6. The van der Waals surface area contributed by atoms with E-state index in [9.17, 15) is 4.79 Å². The highest BCUT2D eigenvalue weighted by molar-refractivity contribution is 7.98. The van der Waals surface area contributed by atoms with Crippen molar-refractivity contribution in [3.8, 4) is 11.5 Å². The Morgan fingerprint density at radius 3 is 2.49 bits per heavy atom. The van der Waals surface area contributed by atoms with Gasteiger partial charge in [0.1, 0.15) is 5.82 Å². The Kier molecular flexibility index (Phi) is 9.06. The highest BCUT2D eigenvalue weighted by Crippen LogP contribution is 2.33. The van der Waals surface area contributed by atoms with Crippen molar-refractivity contribution in [1.29, 1.82) is 0 Å². The van der Waals surface area contributed by atoms with E-state index in [1.807, 2.05) is 30.3 Å². The molecular weight excluding hydrogens is 562 g/mol. The van der Waals surface area contributed by atoms with Crippen molar-refractivity contribution < 1.29 is 19.0 Å². The van der Waals surface area contributed by atoms with Crippen LogP contribution in [0.15, 0.2) is 53.7 Å². The molecule has 0 aliphatic carbocycles. The molecule has 1 amide bonds. The summed E-state index contributed by atoms with van der Waals surface area (Å²) in [4.78, 5) is 27.3. The quantitative estimate of drug-likeness (QED) is 0.267. The number of ether oxygens (including phenoxy) is 3. The van der Waals surface area contributed by atoms with Crippen molar-refractivity contribution in [2.75, 3.05) is 51.0 Å². The van der Waals surface area contributed by atoms with Crippen molar-refractivity contribution in [2.45, 2.75) is 62.6 Å². The van der Waals surface area contributed by atoms with Crippen LogP contribution in [0.2, 0.25) is 0 Å². The second kappa shape index (κ2) is 13.1. The number of hydrogen-bond donors (Lipinski definition) is 1. The maximum atomic E-state index is 12.6. The lowest BCUT2D eigenvalue weighted by atomic mass is 9.92. The van der Waals surface area contributed by atoms with Gasteiger partial charge in [-0.25, -0.2) is 9.97 Å². The fraction of sp³-hybridized carbons (Fsp3) is 0.485. The first kappa shape index (κ1) is 29.7. The summed E-state index contributed by atoms with van der Waals surface area (Å²) in [5.41, 5.74) is 3.98. The minimum atomic E-state index is -0.0906. The SMILES string of the molecule is CC(C)(C)c1cc(N2CCN(Cc3ccc4c(c3)OCO4)CC2)nc(SCc2ccc(C(=O)NC[C@@H]3CCCO3)cc2)n1. The van der Waals surface area contributed by atoms with Crippen LogP contribution in [0.3, 0.4) is 0 Å². The van der Waals surface area contributed by atoms with Gasteiger partial charge in [-0.1, -0.05) is 50.7 Å². The van der Waals surface area contributed by atoms with E-state index in [4.69, 9.17) is 24.2 Å². The fourth-order valence-corrected chi connectivity index (χ4v) is 6.28. The zero-order valence-corrected chi connectivity index (χ0v) is 26.1. The standard InChI is InChI=1S/C33H41N5O4S/c1-33(2,3)29-18-30(38-14-12-37(13-15-38)20-24-8-11-27-28(17-24)42-22-41-27)36-32(35-29)43-21-23-6-9-25(10-7-23)31(39)34-19-26-5-4-16-40-26/h6-11,17-18,26H,4-5,12-16,19-22H2,1-3H3,(H,34,39)/t26-/m0/s1. The summed E-state index contributed by atoms with van der Waals surface area (Å²) in [6.07, 6.45) is 2.21. The van der Waals surface area contributed by atoms with Crippen molar-refractivity contribution in [3.05, 3.63) is 70.9 Å². The maximum Gasteiger partial charge on any atom is 0.251 e. The number of rotatable bonds is 9. The molecule has 6 rings (SSSR count). The molecule has 3 aromatic rings. The van der Waals surface area contributed by atoms with E-state index in [-0.39, 0.29) is 17.4 Å². The van der Waals surface area contributed by atoms with Crippen molar-refractivity contribution in [3.63, 3.8) is 0 Å². The van der Waals surface area contributed by atoms with Crippen molar-refractivity contribution >= 4 is 23.5 Å². The third kappa shape index (κ3) is 7.60. The van der Waals surface area contributed by atoms with E-state index >= 15 is 0 Å². The third-order valence-corrected chi connectivity index (χ3v) is 9.02. The molecule has 3 aliphatic heterocycles. The molecule has 10 heteroatoms. The Morgan fingerprint density at radius 1 is 0.977 bits per heavy atom. The molecule has 0 spiro atoms. The molecule has 9 nitrogen and oxygen atoms in total. The summed E-state index contributed by atoms with van der Waals surface area (Å²) in [6.45, 7) is 12.9. The predicted molar refractivity (Wildman–Crippen MR) is 168 cm³/mol. The number of carbonyl (C=O) groups excluding carboxylic acids is 1. The number of amides is 1. The molecule has 43 heavy (non-hydrogen) atoms. The van der Waals surface area contributed by atoms with Crippen LogP contribution in [0.5, 0.6) is 11.5 Å². The highest BCUT2D eigenvalue weighted by atomic mass is 32.2. The minimum Gasteiger partial charge on any atom is -0.454 e. The molecule has 4 heterocycles. The topological polar surface area (TPSA) is 89.0 Å². The number of thioether (sulfide) groups is 1. The number of aromatic nitrogens is 2. The van der Waals surface area contributed by atoms with Gasteiger partial charge < -0.3 is 24.4 Å². The molecule has 0 saturated carbocycles. The molecule has 1 aromatic heterocycles. The van der Waals surface area contributed by atoms with Gasteiger partial charge in [0.05, 0.1) is 11.8 Å². The van der Waals surface area contributed by atoms with Gasteiger partial charge in [-0.2, -0.15) is 0 Å². The summed E-state index contributed by atoms with van der Waals surface area (Å²) in [5, 5.41) is 3.77. The third-order valence-electron chi connectivity index (χ3n) is 8.10. The van der Waals surface area contributed by atoms with Crippen LogP contribution in [0.1, 0.15) is 60.8 Å². The summed E-state index contributed by atoms with van der Waals surface area (Å²) >= 11 is 1.64. The number of carbonyl (C=O) groups is 1. The predicted octanol–water partition coefficient (Wildman–Crippen LogP) is 5.03. The molecular formula is C33H41N5O4S. The van der Waals surface area contributed by atoms with Gasteiger partial charge in [0, 0.05) is 68.7 Å². The molecule has 0 unspecified atom stereocenters. The van der Waals surface area contributed by atoms with E-state index in [0.717, 1.165) is 91.7 Å². The number of nitrogens with zero attached hydrogens (tertiary/aromatic N) is 4. The van der Waals surface area contributed by atoms with E-state index in [1.54, 1.807) is 11.8 Å². The van der Waals surface area contributed by atoms with E-state index in [2.05, 4.69) is 54.1 Å². The van der Waals surface area contributed by atoms with Gasteiger partial charge >= 0.3 is 0 Å².